The van der Waals surface area contributed by atoms with Gasteiger partial charge in [-0.3, -0.25) is 4.79 Å². The maximum absolute atomic E-state index is 11.7. The maximum Gasteiger partial charge on any atom is 0.221 e. The van der Waals surface area contributed by atoms with E-state index < -0.39 is 0 Å². The summed E-state index contributed by atoms with van der Waals surface area (Å²) >= 11 is 0. The second-order valence-corrected chi connectivity index (χ2v) is 9.65. The zero-order valence-corrected chi connectivity index (χ0v) is 22.1. The monoisotopic (exact) mass is 502 g/mol. The third kappa shape index (κ3) is 5.81. The topological polar surface area (TPSA) is 50.4 Å². The van der Waals surface area contributed by atoms with Crippen molar-refractivity contribution in [2.45, 2.75) is 39.7 Å². The number of ether oxygens (including phenoxy) is 1. The molecule has 192 valence electrons. The molecule has 0 spiro atoms. The number of carbonyl (C=O) groups is 1. The lowest BCUT2D eigenvalue weighted by atomic mass is 9.90. The third-order valence-corrected chi connectivity index (χ3v) is 7.06. The van der Waals surface area contributed by atoms with Crippen molar-refractivity contribution in [3.63, 3.8) is 0 Å². The molecule has 0 aromatic heterocycles. The molecule has 0 radical (unpaired) electrons. The van der Waals surface area contributed by atoms with Gasteiger partial charge in [-0.1, -0.05) is 85.8 Å². The molecule has 38 heavy (non-hydrogen) atoms. The molecule has 1 aliphatic rings. The summed E-state index contributed by atoms with van der Waals surface area (Å²) in [6.07, 6.45) is 5.18. The van der Waals surface area contributed by atoms with Crippen LogP contribution in [0.2, 0.25) is 0 Å². The molecule has 0 saturated heterocycles. The molecule has 2 N–H and O–H groups in total. The Labute approximate surface area is 225 Å². The molecule has 0 bridgehead atoms. The Morgan fingerprint density at radius 3 is 2.45 bits per heavy atom. The first-order valence-corrected chi connectivity index (χ1v) is 13.3. The summed E-state index contributed by atoms with van der Waals surface area (Å²) < 4.78 is 6.35. The number of fused-ring (bicyclic) bond motifs is 2. The van der Waals surface area contributed by atoms with Crippen LogP contribution in [0.1, 0.15) is 47.2 Å². The maximum atomic E-state index is 11.7. The minimum atomic E-state index is -0.118. The second kappa shape index (κ2) is 11.8. The Bertz CT molecular complexity index is 1460. The van der Waals surface area contributed by atoms with Gasteiger partial charge in [-0.25, -0.2) is 0 Å². The predicted octanol–water partition coefficient (Wildman–Crippen LogP) is 7.54. The van der Waals surface area contributed by atoms with E-state index in [-0.39, 0.29) is 5.91 Å². The standard InChI is InChI=1S/C34H34N2O2/c1-3-26-13-10-16-30-29(23-38-33-18-8-7-17-32(33)36-24(2)37)21-28-15-9-14-27(34(28)35-22-31(26)30)20-19-25-11-5-4-6-12-25/h4-18,21,35H,3,19-20,22-23H2,1-2H3,(H,36,37)/b29-21-. The number of anilines is 2. The van der Waals surface area contributed by atoms with Crippen molar-refractivity contribution in [2.24, 2.45) is 0 Å². The van der Waals surface area contributed by atoms with Crippen molar-refractivity contribution in [1.29, 1.82) is 0 Å². The molecule has 4 aromatic rings. The number of nitrogens with one attached hydrogen (secondary N) is 2. The summed E-state index contributed by atoms with van der Waals surface area (Å²) in [6.45, 7) is 4.87. The third-order valence-electron chi connectivity index (χ3n) is 7.06. The van der Waals surface area contributed by atoms with E-state index in [4.69, 9.17) is 4.74 Å². The number of benzene rings is 4. The molecule has 1 aliphatic heterocycles. The minimum Gasteiger partial charge on any atom is -0.487 e. The van der Waals surface area contributed by atoms with Crippen molar-refractivity contribution in [1.82, 2.24) is 0 Å². The molecule has 5 rings (SSSR count). The molecule has 0 atom stereocenters. The SMILES string of the molecule is CCc1cccc2c1CNc1c(cccc1CCc1ccccc1)/C=C\2COc1ccccc1NC(C)=O. The lowest BCUT2D eigenvalue weighted by Crippen LogP contribution is -2.14. The van der Waals surface area contributed by atoms with Crippen molar-refractivity contribution >= 4 is 28.9 Å². The lowest BCUT2D eigenvalue weighted by Gasteiger charge is -2.24. The highest BCUT2D eigenvalue weighted by molar-refractivity contribution is 5.91. The summed E-state index contributed by atoms with van der Waals surface area (Å²) in [5.74, 6) is 0.543. The molecular weight excluding hydrogens is 468 g/mol. The van der Waals surface area contributed by atoms with E-state index in [1.54, 1.807) is 0 Å². The van der Waals surface area contributed by atoms with E-state index in [0.717, 1.165) is 36.9 Å². The van der Waals surface area contributed by atoms with Gasteiger partial charge in [-0.2, -0.15) is 0 Å². The smallest absolute Gasteiger partial charge is 0.221 e. The van der Waals surface area contributed by atoms with Gasteiger partial charge < -0.3 is 15.4 Å². The van der Waals surface area contributed by atoms with Crippen LogP contribution in [0, 0.1) is 0 Å². The molecule has 0 aliphatic carbocycles. The molecule has 4 heteroatoms. The van der Waals surface area contributed by atoms with Crippen molar-refractivity contribution in [3.05, 3.63) is 124 Å². The first-order valence-electron chi connectivity index (χ1n) is 13.3. The van der Waals surface area contributed by atoms with E-state index in [1.807, 2.05) is 24.3 Å². The van der Waals surface area contributed by atoms with Crippen LogP contribution in [0.25, 0.3) is 11.6 Å². The molecule has 4 aromatic carbocycles. The van der Waals surface area contributed by atoms with Gasteiger partial charge in [0.1, 0.15) is 12.4 Å². The molecule has 1 heterocycles. The fourth-order valence-corrected chi connectivity index (χ4v) is 5.17. The van der Waals surface area contributed by atoms with E-state index in [9.17, 15) is 4.79 Å². The van der Waals surface area contributed by atoms with Crippen LogP contribution < -0.4 is 15.4 Å². The molecule has 0 unspecified atom stereocenters. The van der Waals surface area contributed by atoms with Gasteiger partial charge in [0, 0.05) is 19.2 Å². The molecule has 4 nitrogen and oxygen atoms in total. The second-order valence-electron chi connectivity index (χ2n) is 9.65. The van der Waals surface area contributed by atoms with Gasteiger partial charge >= 0.3 is 0 Å². The molecule has 0 fully saturated rings. The van der Waals surface area contributed by atoms with Crippen molar-refractivity contribution < 1.29 is 9.53 Å². The largest absolute Gasteiger partial charge is 0.487 e. The Kier molecular flexibility index (Phi) is 7.89. The van der Waals surface area contributed by atoms with E-state index in [1.165, 1.54) is 40.4 Å². The van der Waals surface area contributed by atoms with Gasteiger partial charge in [0.15, 0.2) is 0 Å². The number of rotatable bonds is 8. The van der Waals surface area contributed by atoms with Gasteiger partial charge in [0.25, 0.3) is 0 Å². The number of carbonyl (C=O) groups excluding carboxylic acids is 1. The van der Waals surface area contributed by atoms with Crippen LogP contribution >= 0.6 is 0 Å². The first-order chi connectivity index (χ1) is 18.6. The van der Waals surface area contributed by atoms with Crippen molar-refractivity contribution in [3.8, 4) is 5.75 Å². The van der Waals surface area contributed by atoms with Gasteiger partial charge in [0.05, 0.1) is 5.69 Å². The Hall–Kier alpha value is -4.31. The van der Waals surface area contributed by atoms with E-state index in [0.29, 0.717) is 18.0 Å². The number of amides is 1. The average molecular weight is 503 g/mol. The van der Waals surface area contributed by atoms with Gasteiger partial charge in [-0.15, -0.1) is 0 Å². The van der Waals surface area contributed by atoms with Crippen LogP contribution in [0.15, 0.2) is 91.0 Å². The summed E-state index contributed by atoms with van der Waals surface area (Å²) in [5.41, 5.74) is 10.7. The first kappa shape index (κ1) is 25.3. The fourth-order valence-electron chi connectivity index (χ4n) is 5.17. The minimum absolute atomic E-state index is 0.118. The highest BCUT2D eigenvalue weighted by Crippen LogP contribution is 2.34. The fraction of sp³-hybridized carbons (Fsp3) is 0.206. The predicted molar refractivity (Wildman–Crippen MR) is 158 cm³/mol. The summed E-state index contributed by atoms with van der Waals surface area (Å²) in [4.78, 5) is 11.7. The normalized spacial score (nSPS) is 13.6. The zero-order chi connectivity index (χ0) is 26.3. The zero-order valence-electron chi connectivity index (χ0n) is 22.1. The number of hydrogen-bond donors (Lipinski definition) is 2. The lowest BCUT2D eigenvalue weighted by molar-refractivity contribution is -0.114. The molecular formula is C34H34N2O2. The highest BCUT2D eigenvalue weighted by atomic mass is 16.5. The molecule has 0 saturated carbocycles. The van der Waals surface area contributed by atoms with Crippen LogP contribution in [-0.2, 0) is 30.6 Å². The summed E-state index contributed by atoms with van der Waals surface area (Å²) in [7, 11) is 0. The number of aryl methyl sites for hydroxylation is 3. The summed E-state index contributed by atoms with van der Waals surface area (Å²) in [6, 6.07) is 31.3. The van der Waals surface area contributed by atoms with Crippen molar-refractivity contribution in [2.75, 3.05) is 17.2 Å². The van der Waals surface area contributed by atoms with Crippen LogP contribution in [-0.4, -0.2) is 12.5 Å². The van der Waals surface area contributed by atoms with Crippen LogP contribution in [0.3, 0.4) is 0 Å². The van der Waals surface area contributed by atoms with E-state index >= 15 is 0 Å². The van der Waals surface area contributed by atoms with Gasteiger partial charge in [0.2, 0.25) is 5.91 Å². The van der Waals surface area contributed by atoms with Gasteiger partial charge in [-0.05, 0) is 76.4 Å². The number of para-hydroxylation sites is 3. The van der Waals surface area contributed by atoms with Crippen LogP contribution in [0.4, 0.5) is 11.4 Å². The Morgan fingerprint density at radius 2 is 1.63 bits per heavy atom. The quantitative estimate of drug-likeness (QED) is 0.262. The van der Waals surface area contributed by atoms with E-state index in [2.05, 4.69) is 90.4 Å². The van der Waals surface area contributed by atoms with Crippen LogP contribution in [0.5, 0.6) is 5.75 Å². The number of hydrogen-bond acceptors (Lipinski definition) is 3. The molecule has 1 amide bonds. The summed E-state index contributed by atoms with van der Waals surface area (Å²) in [5, 5.41) is 6.67. The Balaban J connectivity index is 1.51. The Morgan fingerprint density at radius 1 is 0.868 bits per heavy atom. The average Bonchev–Trinajstić information content (AvgIpc) is 2.93. The highest BCUT2D eigenvalue weighted by Gasteiger charge is 2.18.